The molecule has 106 valence electrons. The van der Waals surface area contributed by atoms with E-state index in [-0.39, 0.29) is 24.0 Å². The highest BCUT2D eigenvalue weighted by molar-refractivity contribution is 6.76. The molecule has 0 bridgehead atoms. The summed E-state index contributed by atoms with van der Waals surface area (Å²) in [5.41, 5.74) is 0. The normalized spacial score (nSPS) is 17.8. The summed E-state index contributed by atoms with van der Waals surface area (Å²) in [5.74, 6) is 6.77. The predicted octanol–water partition coefficient (Wildman–Crippen LogP) is 0.743. The van der Waals surface area contributed by atoms with Crippen LogP contribution in [0.5, 0.6) is 0 Å². The molecule has 0 aromatic carbocycles. The molecule has 3 heteroatoms. The van der Waals surface area contributed by atoms with Crippen LogP contribution in [0.3, 0.4) is 0 Å². The Morgan fingerprint density at radius 3 is 2.17 bits per heavy atom. The zero-order valence-corrected chi connectivity index (χ0v) is 15.8. The molecular formula is C15H30INSi. The molecule has 0 atom stereocenters. The van der Waals surface area contributed by atoms with E-state index in [2.05, 4.69) is 38.5 Å². The fourth-order valence-electron chi connectivity index (χ4n) is 2.46. The third-order valence-corrected chi connectivity index (χ3v) is 5.56. The van der Waals surface area contributed by atoms with E-state index < -0.39 is 8.07 Å². The van der Waals surface area contributed by atoms with E-state index in [1.54, 1.807) is 0 Å². The fourth-order valence-corrected chi connectivity index (χ4v) is 3.77. The highest BCUT2D eigenvalue weighted by atomic mass is 127. The lowest BCUT2D eigenvalue weighted by Crippen LogP contribution is -3.00. The van der Waals surface area contributed by atoms with E-state index in [0.717, 1.165) is 13.0 Å². The second kappa shape index (κ2) is 8.60. The topological polar surface area (TPSA) is 0 Å². The summed E-state index contributed by atoms with van der Waals surface area (Å²) in [4.78, 5) is 0. The summed E-state index contributed by atoms with van der Waals surface area (Å²) >= 11 is 0. The van der Waals surface area contributed by atoms with Crippen molar-refractivity contribution in [2.24, 2.45) is 0 Å². The molecule has 1 nitrogen and oxygen atoms in total. The van der Waals surface area contributed by atoms with Crippen molar-refractivity contribution in [3.05, 3.63) is 0 Å². The summed E-state index contributed by atoms with van der Waals surface area (Å²) in [5, 5.41) is 0. The third kappa shape index (κ3) is 8.55. The summed E-state index contributed by atoms with van der Waals surface area (Å²) in [7, 11) is 1.54. The second-order valence-corrected chi connectivity index (χ2v) is 12.7. The van der Waals surface area contributed by atoms with Gasteiger partial charge in [0.25, 0.3) is 0 Å². The van der Waals surface area contributed by atoms with Crippen LogP contribution < -0.4 is 24.0 Å². The van der Waals surface area contributed by atoms with Crippen LogP contribution in [0, 0.1) is 11.8 Å². The summed E-state index contributed by atoms with van der Waals surface area (Å²) in [6.07, 6.45) is 6.60. The van der Waals surface area contributed by atoms with Crippen molar-refractivity contribution < 1.29 is 28.5 Å². The number of halogens is 1. The molecule has 18 heavy (non-hydrogen) atoms. The Labute approximate surface area is 132 Å². The molecule has 0 spiro atoms. The molecule has 1 saturated heterocycles. The van der Waals surface area contributed by atoms with Gasteiger partial charge in [0.15, 0.2) is 0 Å². The first-order chi connectivity index (χ1) is 7.91. The predicted molar refractivity (Wildman–Crippen MR) is 79.8 cm³/mol. The van der Waals surface area contributed by atoms with E-state index in [0.29, 0.717) is 0 Å². The molecule has 1 fully saturated rings. The monoisotopic (exact) mass is 379 g/mol. The van der Waals surface area contributed by atoms with Crippen molar-refractivity contribution in [2.75, 3.05) is 26.7 Å². The van der Waals surface area contributed by atoms with Crippen LogP contribution in [0.15, 0.2) is 0 Å². The Morgan fingerprint density at radius 1 is 1.00 bits per heavy atom. The van der Waals surface area contributed by atoms with Gasteiger partial charge >= 0.3 is 0 Å². The van der Waals surface area contributed by atoms with Gasteiger partial charge in [-0.2, -0.15) is 0 Å². The molecule has 0 unspecified atom stereocenters. The van der Waals surface area contributed by atoms with Gasteiger partial charge in [-0.15, -0.1) is 0 Å². The van der Waals surface area contributed by atoms with Gasteiger partial charge in [-0.05, 0) is 12.3 Å². The summed E-state index contributed by atoms with van der Waals surface area (Å²) < 4.78 is 1.20. The van der Waals surface area contributed by atoms with Crippen LogP contribution in [0.1, 0.15) is 32.1 Å². The Hall–Kier alpha value is 0.467. The Bertz CT molecular complexity index is 279. The lowest BCUT2D eigenvalue weighted by Gasteiger charge is -2.26. The SMILES string of the molecule is C[N+]1(CC#CCCCC[Si](C)(C)C)CCCC1.[I-]. The number of unbranched alkanes of at least 4 members (excludes halogenated alkanes) is 2. The van der Waals surface area contributed by atoms with Crippen LogP contribution in [-0.4, -0.2) is 39.2 Å². The van der Waals surface area contributed by atoms with Crippen molar-refractivity contribution in [3.63, 3.8) is 0 Å². The molecule has 0 amide bonds. The number of hydrogen-bond donors (Lipinski definition) is 0. The Kier molecular flexibility index (Phi) is 8.82. The van der Waals surface area contributed by atoms with Crippen LogP contribution >= 0.6 is 0 Å². The maximum Gasteiger partial charge on any atom is 0.140 e. The molecule has 1 aliphatic rings. The second-order valence-electron chi connectivity index (χ2n) is 7.05. The van der Waals surface area contributed by atoms with Crippen LogP contribution in [0.25, 0.3) is 0 Å². The third-order valence-electron chi connectivity index (χ3n) is 3.71. The smallest absolute Gasteiger partial charge is 0.140 e. The van der Waals surface area contributed by atoms with E-state index in [9.17, 15) is 0 Å². The minimum Gasteiger partial charge on any atom is -1.00 e. The van der Waals surface area contributed by atoms with Gasteiger partial charge in [-0.25, -0.2) is 0 Å². The van der Waals surface area contributed by atoms with Crippen molar-refractivity contribution in [3.8, 4) is 11.8 Å². The maximum absolute atomic E-state index is 3.40. The number of rotatable bonds is 5. The first kappa shape index (κ1) is 18.5. The number of hydrogen-bond acceptors (Lipinski definition) is 0. The zero-order chi connectivity index (χ0) is 12.8. The first-order valence-corrected chi connectivity index (χ1v) is 10.9. The van der Waals surface area contributed by atoms with E-state index >= 15 is 0 Å². The van der Waals surface area contributed by atoms with Gasteiger partial charge in [-0.3, -0.25) is 0 Å². The number of quaternary nitrogens is 1. The Morgan fingerprint density at radius 2 is 1.61 bits per heavy atom. The lowest BCUT2D eigenvalue weighted by molar-refractivity contribution is -0.890. The minimum atomic E-state index is -0.810. The summed E-state index contributed by atoms with van der Waals surface area (Å²) in [6.45, 7) is 11.1. The Balaban J connectivity index is 0.00000289. The largest absolute Gasteiger partial charge is 1.00 e. The van der Waals surface area contributed by atoms with Gasteiger partial charge in [0.2, 0.25) is 0 Å². The first-order valence-electron chi connectivity index (χ1n) is 7.21. The lowest BCUT2D eigenvalue weighted by atomic mass is 10.2. The van der Waals surface area contributed by atoms with Gasteiger partial charge in [0, 0.05) is 27.3 Å². The van der Waals surface area contributed by atoms with Gasteiger partial charge in [-0.1, -0.05) is 38.0 Å². The highest BCUT2D eigenvalue weighted by Crippen LogP contribution is 2.15. The quantitative estimate of drug-likeness (QED) is 0.217. The van der Waals surface area contributed by atoms with Gasteiger partial charge in [0.05, 0.1) is 20.1 Å². The molecule has 0 aromatic rings. The zero-order valence-electron chi connectivity index (χ0n) is 12.7. The van der Waals surface area contributed by atoms with Gasteiger partial charge < -0.3 is 28.5 Å². The average molecular weight is 379 g/mol. The fraction of sp³-hybridized carbons (Fsp3) is 0.867. The molecule has 0 aliphatic carbocycles. The average Bonchev–Trinajstić information content (AvgIpc) is 2.62. The molecule has 1 rings (SSSR count). The van der Waals surface area contributed by atoms with Crippen molar-refractivity contribution in [1.29, 1.82) is 0 Å². The van der Waals surface area contributed by atoms with E-state index in [1.165, 1.54) is 49.3 Å². The molecule has 0 N–H and O–H groups in total. The van der Waals surface area contributed by atoms with Crippen molar-refractivity contribution >= 4 is 8.07 Å². The highest BCUT2D eigenvalue weighted by Gasteiger charge is 2.25. The van der Waals surface area contributed by atoms with Crippen molar-refractivity contribution in [2.45, 2.75) is 57.8 Å². The van der Waals surface area contributed by atoms with Crippen LogP contribution in [0.4, 0.5) is 0 Å². The number of nitrogens with zero attached hydrogens (tertiary/aromatic N) is 1. The van der Waals surface area contributed by atoms with Crippen LogP contribution in [-0.2, 0) is 0 Å². The molecule has 0 radical (unpaired) electrons. The molecule has 0 aromatic heterocycles. The van der Waals surface area contributed by atoms with E-state index in [1.807, 2.05) is 0 Å². The number of likely N-dealkylation sites (tertiary alicyclic amines) is 1. The maximum atomic E-state index is 3.40. The van der Waals surface area contributed by atoms with Gasteiger partial charge in [0.1, 0.15) is 6.54 Å². The van der Waals surface area contributed by atoms with Crippen LogP contribution in [0.2, 0.25) is 25.7 Å². The minimum absolute atomic E-state index is 0. The molecule has 1 heterocycles. The molecular weight excluding hydrogens is 349 g/mol. The standard InChI is InChI=1S/C15H30NSi.HI/c1-16(13-9-10-14-16)12-8-6-5-7-11-15-17(2,3)4;/h5,7,9-15H2,1-4H3;1H/q+1;/p-1. The van der Waals surface area contributed by atoms with Crippen molar-refractivity contribution in [1.82, 2.24) is 0 Å². The molecule has 1 aliphatic heterocycles. The van der Waals surface area contributed by atoms with E-state index in [4.69, 9.17) is 0 Å². The summed E-state index contributed by atoms with van der Waals surface area (Å²) in [6, 6.07) is 1.46. The molecule has 0 saturated carbocycles.